The van der Waals surface area contributed by atoms with E-state index in [1.807, 2.05) is 30.3 Å². The van der Waals surface area contributed by atoms with Crippen LogP contribution in [-0.4, -0.2) is 50.6 Å². The van der Waals surface area contributed by atoms with Gasteiger partial charge >= 0.3 is 0 Å². The van der Waals surface area contributed by atoms with Crippen molar-refractivity contribution < 1.29 is 19.1 Å². The molecular formula is C20H24N2O4. The number of amides is 2. The Balaban J connectivity index is 1.99. The Hall–Kier alpha value is -2.86. The number of likely N-dealkylation sites (N-methyl/N-ethyl adjacent to an activating group) is 1. The summed E-state index contributed by atoms with van der Waals surface area (Å²) in [6.45, 7) is 1.08. The molecule has 6 nitrogen and oxygen atoms in total. The fourth-order valence-electron chi connectivity index (χ4n) is 2.34. The highest BCUT2D eigenvalue weighted by atomic mass is 16.5. The molecule has 0 unspecified atom stereocenters. The van der Waals surface area contributed by atoms with Crippen LogP contribution in [-0.2, 0) is 9.53 Å². The van der Waals surface area contributed by atoms with Crippen LogP contribution in [0.25, 0.3) is 0 Å². The van der Waals surface area contributed by atoms with Crippen LogP contribution in [0.3, 0.4) is 0 Å². The lowest BCUT2D eigenvalue weighted by Gasteiger charge is -2.18. The number of rotatable bonds is 9. The molecule has 0 fully saturated rings. The predicted octanol–water partition coefficient (Wildman–Crippen LogP) is 2.70. The van der Waals surface area contributed by atoms with Crippen molar-refractivity contribution in [3.63, 3.8) is 0 Å². The summed E-state index contributed by atoms with van der Waals surface area (Å²) in [6, 6.07) is 16.2. The van der Waals surface area contributed by atoms with Crippen molar-refractivity contribution >= 4 is 11.8 Å². The van der Waals surface area contributed by atoms with Crippen LogP contribution < -0.4 is 10.1 Å². The average molecular weight is 356 g/mol. The first-order valence-corrected chi connectivity index (χ1v) is 8.45. The molecular weight excluding hydrogens is 332 g/mol. The maximum absolute atomic E-state index is 12.7. The van der Waals surface area contributed by atoms with Gasteiger partial charge in [0.05, 0.1) is 12.1 Å². The summed E-state index contributed by atoms with van der Waals surface area (Å²) in [4.78, 5) is 26.0. The molecule has 0 bridgehead atoms. The molecule has 0 saturated heterocycles. The molecule has 0 aromatic heterocycles. The lowest BCUT2D eigenvalue weighted by molar-refractivity contribution is -0.121. The molecule has 0 spiro atoms. The second-order valence-corrected chi connectivity index (χ2v) is 5.77. The SMILES string of the molecule is COCCCNC(=O)CN(C)C(=O)c1ccccc1Oc1ccccc1. The van der Waals surface area contributed by atoms with E-state index in [0.29, 0.717) is 30.2 Å². The Kier molecular flexibility index (Phi) is 7.64. The van der Waals surface area contributed by atoms with Crippen LogP contribution in [0.5, 0.6) is 11.5 Å². The molecule has 2 aromatic rings. The minimum atomic E-state index is -0.274. The van der Waals surface area contributed by atoms with E-state index in [1.165, 1.54) is 4.90 Å². The van der Waals surface area contributed by atoms with Crippen LogP contribution in [0.1, 0.15) is 16.8 Å². The van der Waals surface area contributed by atoms with Gasteiger partial charge in [0.2, 0.25) is 5.91 Å². The summed E-state index contributed by atoms with van der Waals surface area (Å²) >= 11 is 0. The van der Waals surface area contributed by atoms with Crippen molar-refractivity contribution in [1.82, 2.24) is 10.2 Å². The van der Waals surface area contributed by atoms with Crippen LogP contribution in [0, 0.1) is 0 Å². The zero-order valence-corrected chi connectivity index (χ0v) is 15.1. The van der Waals surface area contributed by atoms with Crippen molar-refractivity contribution in [2.24, 2.45) is 0 Å². The number of benzene rings is 2. The topological polar surface area (TPSA) is 67.9 Å². The molecule has 2 rings (SSSR count). The monoisotopic (exact) mass is 356 g/mol. The fourth-order valence-corrected chi connectivity index (χ4v) is 2.34. The standard InChI is InChI=1S/C20H24N2O4/c1-22(15-19(23)21-13-8-14-25-2)20(24)17-11-6-7-12-18(17)26-16-9-4-3-5-10-16/h3-7,9-12H,8,13-15H2,1-2H3,(H,21,23). The van der Waals surface area contributed by atoms with E-state index in [9.17, 15) is 9.59 Å². The van der Waals surface area contributed by atoms with E-state index in [0.717, 1.165) is 6.42 Å². The largest absolute Gasteiger partial charge is 0.457 e. The lowest BCUT2D eigenvalue weighted by Crippen LogP contribution is -2.38. The smallest absolute Gasteiger partial charge is 0.257 e. The van der Waals surface area contributed by atoms with Gasteiger partial charge in [0.15, 0.2) is 0 Å². The van der Waals surface area contributed by atoms with Crippen molar-refractivity contribution in [3.8, 4) is 11.5 Å². The lowest BCUT2D eigenvalue weighted by atomic mass is 10.1. The molecule has 0 heterocycles. The molecule has 0 radical (unpaired) electrons. The summed E-state index contributed by atoms with van der Waals surface area (Å²) in [5, 5.41) is 2.77. The fraction of sp³-hybridized carbons (Fsp3) is 0.300. The molecule has 0 aliphatic rings. The minimum absolute atomic E-state index is 0.0223. The Morgan fingerprint density at radius 3 is 2.46 bits per heavy atom. The predicted molar refractivity (Wildman–Crippen MR) is 99.4 cm³/mol. The van der Waals surface area contributed by atoms with Crippen molar-refractivity contribution in [3.05, 3.63) is 60.2 Å². The Bertz CT molecular complexity index is 719. The highest BCUT2D eigenvalue weighted by molar-refractivity contribution is 5.98. The molecule has 6 heteroatoms. The van der Waals surface area contributed by atoms with Gasteiger partial charge in [-0.3, -0.25) is 9.59 Å². The zero-order chi connectivity index (χ0) is 18.8. The van der Waals surface area contributed by atoms with Crippen LogP contribution >= 0.6 is 0 Å². The number of carbonyl (C=O) groups excluding carboxylic acids is 2. The second kappa shape index (κ2) is 10.2. The Morgan fingerprint density at radius 2 is 1.73 bits per heavy atom. The Labute approximate surface area is 153 Å². The number of hydrogen-bond acceptors (Lipinski definition) is 4. The molecule has 0 atom stereocenters. The molecule has 26 heavy (non-hydrogen) atoms. The van der Waals surface area contributed by atoms with Gasteiger partial charge in [-0.05, 0) is 30.7 Å². The van der Waals surface area contributed by atoms with Crippen molar-refractivity contribution in [1.29, 1.82) is 0 Å². The molecule has 138 valence electrons. The molecule has 2 aromatic carbocycles. The van der Waals surface area contributed by atoms with E-state index >= 15 is 0 Å². The van der Waals surface area contributed by atoms with Gasteiger partial charge in [0, 0.05) is 27.3 Å². The summed E-state index contributed by atoms with van der Waals surface area (Å²) in [5.74, 6) is 0.615. The Morgan fingerprint density at radius 1 is 1.04 bits per heavy atom. The number of para-hydroxylation sites is 2. The normalized spacial score (nSPS) is 10.2. The average Bonchev–Trinajstić information content (AvgIpc) is 2.66. The van der Waals surface area contributed by atoms with Crippen LogP contribution in [0.2, 0.25) is 0 Å². The van der Waals surface area contributed by atoms with E-state index < -0.39 is 0 Å². The number of hydrogen-bond donors (Lipinski definition) is 1. The third kappa shape index (κ3) is 5.89. The van der Waals surface area contributed by atoms with E-state index in [-0.39, 0.29) is 18.4 Å². The first-order chi connectivity index (χ1) is 12.6. The van der Waals surface area contributed by atoms with Gasteiger partial charge < -0.3 is 19.7 Å². The molecule has 0 aliphatic carbocycles. The highest BCUT2D eigenvalue weighted by Gasteiger charge is 2.19. The number of methoxy groups -OCH3 is 1. The summed E-state index contributed by atoms with van der Waals surface area (Å²) in [6.07, 6.45) is 0.730. The summed E-state index contributed by atoms with van der Waals surface area (Å²) in [7, 11) is 3.21. The van der Waals surface area contributed by atoms with E-state index in [2.05, 4.69) is 5.32 Å². The number of nitrogens with one attached hydrogen (secondary N) is 1. The third-order valence-electron chi connectivity index (χ3n) is 3.66. The first-order valence-electron chi connectivity index (χ1n) is 8.45. The number of ether oxygens (including phenoxy) is 2. The minimum Gasteiger partial charge on any atom is -0.457 e. The van der Waals surface area contributed by atoms with Gasteiger partial charge in [-0.1, -0.05) is 30.3 Å². The summed E-state index contributed by atoms with van der Waals surface area (Å²) in [5.41, 5.74) is 0.408. The van der Waals surface area contributed by atoms with Gasteiger partial charge in [-0.15, -0.1) is 0 Å². The van der Waals surface area contributed by atoms with Gasteiger partial charge in [-0.25, -0.2) is 0 Å². The molecule has 0 saturated carbocycles. The van der Waals surface area contributed by atoms with Crippen molar-refractivity contribution in [2.45, 2.75) is 6.42 Å². The van der Waals surface area contributed by atoms with E-state index in [1.54, 1.807) is 38.4 Å². The molecule has 1 N–H and O–H groups in total. The van der Waals surface area contributed by atoms with Crippen LogP contribution in [0.4, 0.5) is 0 Å². The van der Waals surface area contributed by atoms with Gasteiger partial charge in [0.25, 0.3) is 5.91 Å². The number of carbonyl (C=O) groups is 2. The quantitative estimate of drug-likeness (QED) is 0.702. The highest BCUT2D eigenvalue weighted by Crippen LogP contribution is 2.25. The third-order valence-corrected chi connectivity index (χ3v) is 3.66. The molecule has 2 amide bonds. The second-order valence-electron chi connectivity index (χ2n) is 5.77. The van der Waals surface area contributed by atoms with Crippen molar-refractivity contribution in [2.75, 3.05) is 33.9 Å². The van der Waals surface area contributed by atoms with Gasteiger partial charge in [0.1, 0.15) is 11.5 Å². The molecule has 0 aliphatic heterocycles. The first kappa shape index (κ1) is 19.5. The maximum Gasteiger partial charge on any atom is 0.257 e. The summed E-state index contributed by atoms with van der Waals surface area (Å²) < 4.78 is 10.7. The van der Waals surface area contributed by atoms with Crippen LogP contribution in [0.15, 0.2) is 54.6 Å². The van der Waals surface area contributed by atoms with E-state index in [4.69, 9.17) is 9.47 Å². The van der Waals surface area contributed by atoms with Gasteiger partial charge in [-0.2, -0.15) is 0 Å². The maximum atomic E-state index is 12.7. The number of nitrogens with zero attached hydrogens (tertiary/aromatic N) is 1. The zero-order valence-electron chi connectivity index (χ0n) is 15.1.